The maximum Gasteiger partial charge on any atom is 0.314 e. The molecule has 1 aromatic rings. The molecule has 3 heteroatoms. The number of carboxylic acid groups (broad SMARTS) is 1. The minimum atomic E-state index is -0.756. The lowest BCUT2D eigenvalue weighted by Gasteiger charge is -2.13. The van der Waals surface area contributed by atoms with Crippen molar-refractivity contribution in [2.24, 2.45) is 0 Å². The normalized spacial score (nSPS) is 17.8. The third-order valence-electron chi connectivity index (χ3n) is 2.88. The van der Waals surface area contributed by atoms with Crippen LogP contribution in [0, 0.1) is 6.92 Å². The van der Waals surface area contributed by atoms with Crippen LogP contribution in [0.2, 0.25) is 0 Å². The Bertz CT molecular complexity index is 394. The molecule has 0 unspecified atom stereocenters. The molecule has 1 saturated carbocycles. The van der Waals surface area contributed by atoms with Crippen LogP contribution in [0.3, 0.4) is 0 Å². The summed E-state index contributed by atoms with van der Waals surface area (Å²) in [5.74, 6) is -0.756. The maximum atomic E-state index is 11.1. The number of rotatable bonds is 2. The van der Waals surface area contributed by atoms with E-state index in [0.717, 1.165) is 11.1 Å². The average Bonchev–Trinajstić information content (AvgIpc) is 2.84. The first-order chi connectivity index (χ1) is 6.56. The van der Waals surface area contributed by atoms with E-state index in [2.05, 4.69) is 0 Å². The molecule has 14 heavy (non-hydrogen) atoms. The summed E-state index contributed by atoms with van der Waals surface area (Å²) in [4.78, 5) is 11.1. The Morgan fingerprint density at radius 1 is 1.50 bits per heavy atom. The van der Waals surface area contributed by atoms with Crippen molar-refractivity contribution in [3.05, 3.63) is 29.3 Å². The first kappa shape index (κ1) is 9.06. The number of carbonyl (C=O) groups is 1. The van der Waals surface area contributed by atoms with Crippen molar-refractivity contribution in [2.45, 2.75) is 25.2 Å². The van der Waals surface area contributed by atoms with E-state index in [1.54, 1.807) is 0 Å². The van der Waals surface area contributed by atoms with Gasteiger partial charge in [-0.15, -0.1) is 0 Å². The van der Waals surface area contributed by atoms with E-state index in [1.807, 2.05) is 25.1 Å². The van der Waals surface area contributed by atoms with Gasteiger partial charge >= 0.3 is 5.97 Å². The Balaban J connectivity index is 2.47. The van der Waals surface area contributed by atoms with E-state index < -0.39 is 11.4 Å². The van der Waals surface area contributed by atoms with Gasteiger partial charge in [0, 0.05) is 5.69 Å². The number of nitrogen functional groups attached to an aromatic ring is 1. The van der Waals surface area contributed by atoms with Gasteiger partial charge in [0.25, 0.3) is 0 Å². The molecule has 0 bridgehead atoms. The van der Waals surface area contributed by atoms with Gasteiger partial charge in [0.05, 0.1) is 5.41 Å². The summed E-state index contributed by atoms with van der Waals surface area (Å²) in [5, 5.41) is 9.10. The fourth-order valence-corrected chi connectivity index (χ4v) is 1.84. The van der Waals surface area contributed by atoms with Crippen molar-refractivity contribution in [1.29, 1.82) is 0 Å². The zero-order chi connectivity index (χ0) is 10.3. The molecule has 0 aromatic heterocycles. The molecule has 0 amide bonds. The van der Waals surface area contributed by atoms with Crippen LogP contribution in [0.15, 0.2) is 18.2 Å². The number of anilines is 1. The van der Waals surface area contributed by atoms with Crippen LogP contribution in [-0.4, -0.2) is 11.1 Å². The molecule has 0 aliphatic heterocycles. The summed E-state index contributed by atoms with van der Waals surface area (Å²) in [6, 6.07) is 5.58. The predicted octanol–water partition coefficient (Wildman–Crippen LogP) is 1.69. The molecule has 0 radical (unpaired) electrons. The highest BCUT2D eigenvalue weighted by Gasteiger charge is 2.52. The standard InChI is InChI=1S/C11H13NO2/c1-7-2-3-8(9(12)6-7)11(4-5-11)10(13)14/h2-3,6H,4-5,12H2,1H3,(H,13,14). The number of carboxylic acids is 1. The molecule has 0 heterocycles. The Morgan fingerprint density at radius 3 is 2.57 bits per heavy atom. The SMILES string of the molecule is Cc1ccc(C2(C(=O)O)CC2)c(N)c1. The maximum absolute atomic E-state index is 11.1. The van der Waals surface area contributed by atoms with E-state index >= 15 is 0 Å². The van der Waals surface area contributed by atoms with E-state index in [1.165, 1.54) is 0 Å². The van der Waals surface area contributed by atoms with Gasteiger partial charge in [0.2, 0.25) is 0 Å². The highest BCUT2D eigenvalue weighted by molar-refractivity contribution is 5.87. The Kier molecular flexibility index (Phi) is 1.77. The average molecular weight is 191 g/mol. The molecular formula is C11H13NO2. The number of nitrogens with two attached hydrogens (primary N) is 1. The fourth-order valence-electron chi connectivity index (χ4n) is 1.84. The molecular weight excluding hydrogens is 178 g/mol. The fraction of sp³-hybridized carbons (Fsp3) is 0.364. The van der Waals surface area contributed by atoms with Crippen molar-refractivity contribution in [2.75, 3.05) is 5.73 Å². The Hall–Kier alpha value is -1.51. The van der Waals surface area contributed by atoms with Gasteiger partial charge in [-0.2, -0.15) is 0 Å². The largest absolute Gasteiger partial charge is 0.481 e. The number of benzene rings is 1. The van der Waals surface area contributed by atoms with Crippen molar-refractivity contribution in [3.8, 4) is 0 Å². The molecule has 1 fully saturated rings. The van der Waals surface area contributed by atoms with Crippen LogP contribution in [0.5, 0.6) is 0 Å². The van der Waals surface area contributed by atoms with Crippen LogP contribution in [-0.2, 0) is 10.2 Å². The lowest BCUT2D eigenvalue weighted by atomic mass is 9.93. The molecule has 0 atom stereocenters. The van der Waals surface area contributed by atoms with Crippen molar-refractivity contribution in [3.63, 3.8) is 0 Å². The van der Waals surface area contributed by atoms with Crippen LogP contribution in [0.4, 0.5) is 5.69 Å². The van der Waals surface area contributed by atoms with Gasteiger partial charge in [-0.3, -0.25) is 4.79 Å². The first-order valence-corrected chi connectivity index (χ1v) is 4.66. The second-order valence-corrected chi connectivity index (χ2v) is 3.98. The minimum Gasteiger partial charge on any atom is -0.481 e. The summed E-state index contributed by atoms with van der Waals surface area (Å²) < 4.78 is 0. The number of hydrogen-bond acceptors (Lipinski definition) is 2. The van der Waals surface area contributed by atoms with Crippen LogP contribution in [0.1, 0.15) is 24.0 Å². The summed E-state index contributed by atoms with van der Waals surface area (Å²) >= 11 is 0. The van der Waals surface area contributed by atoms with E-state index in [4.69, 9.17) is 10.8 Å². The van der Waals surface area contributed by atoms with Gasteiger partial charge in [-0.05, 0) is 37.0 Å². The minimum absolute atomic E-state index is 0.602. The van der Waals surface area contributed by atoms with Gasteiger partial charge < -0.3 is 10.8 Å². The summed E-state index contributed by atoms with van der Waals surface area (Å²) in [6.07, 6.45) is 1.41. The van der Waals surface area contributed by atoms with E-state index in [9.17, 15) is 4.79 Å². The predicted molar refractivity (Wildman–Crippen MR) is 54.1 cm³/mol. The van der Waals surface area contributed by atoms with Crippen molar-refractivity contribution < 1.29 is 9.90 Å². The third-order valence-corrected chi connectivity index (χ3v) is 2.88. The van der Waals surface area contributed by atoms with Crippen molar-refractivity contribution in [1.82, 2.24) is 0 Å². The van der Waals surface area contributed by atoms with Gasteiger partial charge in [-0.1, -0.05) is 12.1 Å². The number of hydrogen-bond donors (Lipinski definition) is 2. The smallest absolute Gasteiger partial charge is 0.314 e. The second-order valence-electron chi connectivity index (χ2n) is 3.98. The zero-order valence-corrected chi connectivity index (χ0v) is 8.08. The lowest BCUT2D eigenvalue weighted by molar-refractivity contribution is -0.140. The molecule has 3 nitrogen and oxygen atoms in total. The Morgan fingerprint density at radius 2 is 2.14 bits per heavy atom. The topological polar surface area (TPSA) is 63.3 Å². The van der Waals surface area contributed by atoms with Gasteiger partial charge in [0.1, 0.15) is 0 Å². The van der Waals surface area contributed by atoms with Crippen LogP contribution >= 0.6 is 0 Å². The monoisotopic (exact) mass is 191 g/mol. The third kappa shape index (κ3) is 1.16. The highest BCUT2D eigenvalue weighted by Crippen LogP contribution is 2.50. The van der Waals surface area contributed by atoms with Gasteiger partial charge in [0.15, 0.2) is 0 Å². The van der Waals surface area contributed by atoms with E-state index in [-0.39, 0.29) is 0 Å². The molecule has 0 saturated heterocycles. The molecule has 1 aliphatic rings. The van der Waals surface area contributed by atoms with Crippen molar-refractivity contribution >= 4 is 11.7 Å². The summed E-state index contributed by atoms with van der Waals surface area (Å²) in [7, 11) is 0. The van der Waals surface area contributed by atoms with E-state index in [0.29, 0.717) is 18.5 Å². The van der Waals surface area contributed by atoms with Crippen LogP contribution in [0.25, 0.3) is 0 Å². The zero-order valence-electron chi connectivity index (χ0n) is 8.08. The molecule has 2 rings (SSSR count). The summed E-state index contributed by atoms with van der Waals surface area (Å²) in [5.41, 5.74) is 7.58. The molecule has 3 N–H and O–H groups in total. The Labute approximate surface area is 82.5 Å². The molecule has 0 spiro atoms. The lowest BCUT2D eigenvalue weighted by Crippen LogP contribution is -2.20. The highest BCUT2D eigenvalue weighted by atomic mass is 16.4. The number of aliphatic carboxylic acids is 1. The van der Waals surface area contributed by atoms with Crippen LogP contribution < -0.4 is 5.73 Å². The quantitative estimate of drug-likeness (QED) is 0.699. The van der Waals surface area contributed by atoms with Gasteiger partial charge in [-0.25, -0.2) is 0 Å². The first-order valence-electron chi connectivity index (χ1n) is 4.66. The molecule has 74 valence electrons. The molecule has 1 aromatic carbocycles. The number of aryl methyl sites for hydroxylation is 1. The second kappa shape index (κ2) is 2.74. The summed E-state index contributed by atoms with van der Waals surface area (Å²) in [6.45, 7) is 1.94. The molecule has 1 aliphatic carbocycles.